The van der Waals surface area contributed by atoms with Crippen molar-refractivity contribution in [1.82, 2.24) is 4.90 Å². The zero-order chi connectivity index (χ0) is 22.8. The van der Waals surface area contributed by atoms with E-state index in [2.05, 4.69) is 115 Å². The Morgan fingerprint density at radius 3 is 2.03 bits per heavy atom. The van der Waals surface area contributed by atoms with Crippen LogP contribution in [0.2, 0.25) is 5.04 Å². The van der Waals surface area contributed by atoms with Crippen LogP contribution in [0.25, 0.3) is 0 Å². The van der Waals surface area contributed by atoms with Crippen LogP contribution < -0.4 is 10.4 Å². The number of piperidine rings is 1. The van der Waals surface area contributed by atoms with E-state index < -0.39 is 13.9 Å². The fraction of sp³-hybridized carbons (Fsp3) is 0.500. The summed E-state index contributed by atoms with van der Waals surface area (Å²) >= 11 is 2.53. The average molecular weight is 561 g/mol. The molecule has 0 saturated carbocycles. The number of likely N-dealkylation sites (tertiary alicyclic amines) is 1. The van der Waals surface area contributed by atoms with Gasteiger partial charge < -0.3 is 9.16 Å². The van der Waals surface area contributed by atoms with E-state index in [4.69, 9.17) is 9.16 Å². The summed E-state index contributed by atoms with van der Waals surface area (Å²) in [5.74, 6) is 0. The van der Waals surface area contributed by atoms with Gasteiger partial charge in [-0.2, -0.15) is 5.26 Å². The van der Waals surface area contributed by atoms with Crippen molar-refractivity contribution >= 4 is 41.3 Å². The molecule has 0 N–H and O–H groups in total. The van der Waals surface area contributed by atoms with Gasteiger partial charge in [0.15, 0.2) is 5.54 Å². The molecule has 2 aliphatic rings. The molecule has 2 aromatic rings. The lowest BCUT2D eigenvalue weighted by molar-refractivity contribution is 0.0357. The first-order valence-electron chi connectivity index (χ1n) is 11.5. The van der Waals surface area contributed by atoms with E-state index in [1.807, 2.05) is 0 Å². The second kappa shape index (κ2) is 9.55. The van der Waals surface area contributed by atoms with Crippen LogP contribution in [0.4, 0.5) is 0 Å². The van der Waals surface area contributed by atoms with Crippen molar-refractivity contribution in [3.63, 3.8) is 0 Å². The van der Waals surface area contributed by atoms with Crippen LogP contribution in [0.1, 0.15) is 33.6 Å². The predicted molar refractivity (Wildman–Crippen MR) is 140 cm³/mol. The molecule has 0 spiro atoms. The number of rotatable bonds is 5. The topological polar surface area (TPSA) is 45.5 Å². The van der Waals surface area contributed by atoms with Gasteiger partial charge in [0, 0.05) is 17.0 Å². The van der Waals surface area contributed by atoms with E-state index >= 15 is 0 Å². The second-order valence-electron chi connectivity index (χ2n) is 9.98. The third kappa shape index (κ3) is 4.19. The van der Waals surface area contributed by atoms with Gasteiger partial charge in [0.1, 0.15) is 6.10 Å². The molecular formula is C26H33IN2O2Si. The van der Waals surface area contributed by atoms with Crippen LogP contribution in [-0.4, -0.2) is 55.1 Å². The van der Waals surface area contributed by atoms with Crippen molar-refractivity contribution < 1.29 is 9.16 Å². The first kappa shape index (κ1) is 23.9. The molecule has 32 heavy (non-hydrogen) atoms. The average Bonchev–Trinajstić information content (AvgIpc) is 3.21. The highest BCUT2D eigenvalue weighted by atomic mass is 127. The summed E-state index contributed by atoms with van der Waals surface area (Å²) in [7, 11) is -2.76. The lowest BCUT2D eigenvalue weighted by Crippen LogP contribution is -2.71. The maximum absolute atomic E-state index is 10.5. The minimum absolute atomic E-state index is 0.130. The van der Waals surface area contributed by atoms with Gasteiger partial charge in [-0.1, -0.05) is 104 Å². The molecule has 170 valence electrons. The standard InChI is InChI=1S/C26H33IN2O2Si/c1-25(2,3)32(22-10-6-4-7-11-22,23-12-8-5-9-13-23)31-24-18-30-20-26(24,19-28)29-16-14-21(27)15-17-29/h4-13,21,24H,14-18,20H2,1-3H3. The van der Waals surface area contributed by atoms with Gasteiger partial charge in [-0.3, -0.25) is 4.90 Å². The molecule has 0 aromatic heterocycles. The van der Waals surface area contributed by atoms with Gasteiger partial charge in [0.25, 0.3) is 8.32 Å². The highest BCUT2D eigenvalue weighted by molar-refractivity contribution is 14.1. The normalized spacial score (nSPS) is 25.5. The summed E-state index contributed by atoms with van der Waals surface area (Å²) < 4.78 is 14.1. The zero-order valence-corrected chi connectivity index (χ0v) is 22.4. The number of hydrogen-bond acceptors (Lipinski definition) is 4. The minimum Gasteiger partial charge on any atom is -0.399 e. The van der Waals surface area contributed by atoms with Crippen molar-refractivity contribution in [2.75, 3.05) is 26.3 Å². The molecule has 4 rings (SSSR count). The fourth-order valence-electron chi connectivity index (χ4n) is 5.31. The molecule has 0 aliphatic carbocycles. The van der Waals surface area contributed by atoms with E-state index in [0.29, 0.717) is 17.1 Å². The number of nitriles is 1. The second-order valence-corrected chi connectivity index (χ2v) is 16.0. The molecule has 2 aromatic carbocycles. The van der Waals surface area contributed by atoms with Gasteiger partial charge in [-0.15, -0.1) is 0 Å². The molecule has 2 heterocycles. The fourth-order valence-corrected chi connectivity index (χ4v) is 10.6. The number of ether oxygens (including phenoxy) is 1. The summed E-state index contributed by atoms with van der Waals surface area (Å²) in [5.41, 5.74) is -0.732. The zero-order valence-electron chi connectivity index (χ0n) is 19.3. The summed E-state index contributed by atoms with van der Waals surface area (Å²) in [6.07, 6.45) is 1.93. The van der Waals surface area contributed by atoms with Gasteiger partial charge in [-0.05, 0) is 28.3 Å². The summed E-state index contributed by atoms with van der Waals surface area (Å²) in [6.45, 7) is 9.57. The lowest BCUT2D eigenvalue weighted by Gasteiger charge is -2.48. The Kier molecular flexibility index (Phi) is 7.13. The van der Waals surface area contributed by atoms with Gasteiger partial charge in [0.05, 0.1) is 19.3 Å². The first-order chi connectivity index (χ1) is 15.3. The molecule has 2 atom stereocenters. The van der Waals surface area contributed by atoms with Gasteiger partial charge in [-0.25, -0.2) is 0 Å². The Morgan fingerprint density at radius 2 is 1.56 bits per heavy atom. The summed E-state index contributed by atoms with van der Waals surface area (Å²) in [4.78, 5) is 2.34. The van der Waals surface area contributed by atoms with E-state index in [-0.39, 0.29) is 11.1 Å². The maximum atomic E-state index is 10.5. The minimum atomic E-state index is -2.76. The number of hydrogen-bond donors (Lipinski definition) is 0. The van der Waals surface area contributed by atoms with E-state index in [0.717, 1.165) is 25.9 Å². The Bertz CT molecular complexity index is 896. The van der Waals surface area contributed by atoms with Crippen LogP contribution >= 0.6 is 22.6 Å². The molecule has 0 amide bonds. The van der Waals surface area contributed by atoms with Crippen molar-refractivity contribution in [2.45, 2.75) is 54.2 Å². The predicted octanol–water partition coefficient (Wildman–Crippen LogP) is 4.12. The molecule has 4 nitrogen and oxygen atoms in total. The van der Waals surface area contributed by atoms with Crippen LogP contribution in [-0.2, 0) is 9.16 Å². The van der Waals surface area contributed by atoms with Crippen LogP contribution in [0.5, 0.6) is 0 Å². The molecule has 6 heteroatoms. The van der Waals surface area contributed by atoms with Crippen molar-refractivity contribution in [2.24, 2.45) is 0 Å². The number of halogens is 1. The van der Waals surface area contributed by atoms with Crippen LogP contribution in [0.3, 0.4) is 0 Å². The number of benzene rings is 2. The van der Waals surface area contributed by atoms with Crippen LogP contribution in [0, 0.1) is 11.3 Å². The third-order valence-corrected chi connectivity index (χ3v) is 13.3. The Morgan fingerprint density at radius 1 is 1.03 bits per heavy atom. The monoisotopic (exact) mass is 560 g/mol. The maximum Gasteiger partial charge on any atom is 0.261 e. The highest BCUT2D eigenvalue weighted by Gasteiger charge is 2.58. The molecular weight excluding hydrogens is 527 g/mol. The van der Waals surface area contributed by atoms with E-state index in [9.17, 15) is 5.26 Å². The summed E-state index contributed by atoms with van der Waals surface area (Å²) in [5, 5.41) is 12.9. The molecule has 2 saturated heterocycles. The van der Waals surface area contributed by atoms with Gasteiger partial charge in [0.2, 0.25) is 0 Å². The van der Waals surface area contributed by atoms with E-state index in [1.165, 1.54) is 10.4 Å². The molecule has 2 unspecified atom stereocenters. The van der Waals surface area contributed by atoms with Crippen molar-refractivity contribution in [3.05, 3.63) is 60.7 Å². The molecule has 2 aliphatic heterocycles. The highest BCUT2D eigenvalue weighted by Crippen LogP contribution is 2.41. The van der Waals surface area contributed by atoms with Crippen molar-refractivity contribution in [1.29, 1.82) is 5.26 Å². The van der Waals surface area contributed by atoms with Crippen LogP contribution in [0.15, 0.2) is 60.7 Å². The molecule has 0 radical (unpaired) electrons. The Labute approximate surface area is 207 Å². The van der Waals surface area contributed by atoms with Gasteiger partial charge >= 0.3 is 0 Å². The van der Waals surface area contributed by atoms with Crippen molar-refractivity contribution in [3.8, 4) is 6.07 Å². The largest absolute Gasteiger partial charge is 0.399 e. The van der Waals surface area contributed by atoms with E-state index in [1.54, 1.807) is 0 Å². The first-order valence-corrected chi connectivity index (χ1v) is 14.7. The smallest absolute Gasteiger partial charge is 0.261 e. The lowest BCUT2D eigenvalue weighted by atomic mass is 9.92. The SMILES string of the molecule is CC(C)(C)[Si](OC1COCC1(C#N)N1CCC(I)CC1)(c1ccccc1)c1ccccc1. The Balaban J connectivity index is 1.81. The Hall–Kier alpha value is -1.24. The third-order valence-electron chi connectivity index (χ3n) is 7.04. The molecule has 0 bridgehead atoms. The quantitative estimate of drug-likeness (QED) is 0.314. The number of nitrogens with zero attached hydrogens (tertiary/aromatic N) is 2. The summed E-state index contributed by atoms with van der Waals surface area (Å²) in [6, 6.07) is 24.0. The number of alkyl halides is 1. The molecule has 2 fully saturated rings.